The average molecular weight is 355 g/mol. The SMILES string of the molecule is CCCC(N)C(=O)NCCCc1nc(-c2ccncc2)cs1.Cl. The van der Waals surface area contributed by atoms with Gasteiger partial charge in [0.1, 0.15) is 0 Å². The topological polar surface area (TPSA) is 80.9 Å². The largest absolute Gasteiger partial charge is 0.355 e. The highest BCUT2D eigenvalue weighted by molar-refractivity contribution is 7.09. The van der Waals surface area contributed by atoms with E-state index in [1.54, 1.807) is 23.7 Å². The summed E-state index contributed by atoms with van der Waals surface area (Å²) in [6.45, 7) is 2.66. The number of nitrogens with zero attached hydrogens (tertiary/aromatic N) is 2. The molecule has 0 aliphatic heterocycles. The third-order valence-corrected chi connectivity index (χ3v) is 4.24. The van der Waals surface area contributed by atoms with Gasteiger partial charge in [-0.3, -0.25) is 9.78 Å². The highest BCUT2D eigenvalue weighted by Crippen LogP contribution is 2.21. The highest BCUT2D eigenvalue weighted by Gasteiger charge is 2.11. The molecule has 1 amide bonds. The summed E-state index contributed by atoms with van der Waals surface area (Å²) >= 11 is 1.65. The minimum Gasteiger partial charge on any atom is -0.355 e. The van der Waals surface area contributed by atoms with E-state index in [0.29, 0.717) is 6.54 Å². The number of rotatable bonds is 8. The summed E-state index contributed by atoms with van der Waals surface area (Å²) in [6.07, 6.45) is 6.92. The number of pyridine rings is 1. The van der Waals surface area contributed by atoms with Crippen molar-refractivity contribution in [2.75, 3.05) is 6.54 Å². The van der Waals surface area contributed by atoms with Crippen LogP contribution in [0.15, 0.2) is 29.9 Å². The van der Waals surface area contributed by atoms with Gasteiger partial charge in [0.15, 0.2) is 0 Å². The Morgan fingerprint density at radius 3 is 2.83 bits per heavy atom. The van der Waals surface area contributed by atoms with E-state index in [9.17, 15) is 4.79 Å². The molecule has 23 heavy (non-hydrogen) atoms. The van der Waals surface area contributed by atoms with E-state index in [1.165, 1.54) is 0 Å². The molecule has 0 aromatic carbocycles. The molecule has 0 bridgehead atoms. The minimum atomic E-state index is -0.386. The quantitative estimate of drug-likeness (QED) is 0.714. The second-order valence-corrected chi connectivity index (χ2v) is 6.09. The molecular weight excluding hydrogens is 332 g/mol. The molecule has 0 fully saturated rings. The monoisotopic (exact) mass is 354 g/mol. The zero-order valence-corrected chi connectivity index (χ0v) is 14.8. The molecule has 0 aliphatic carbocycles. The van der Waals surface area contributed by atoms with Crippen LogP contribution >= 0.6 is 23.7 Å². The van der Waals surface area contributed by atoms with Gasteiger partial charge in [-0.2, -0.15) is 0 Å². The number of amides is 1. The zero-order valence-electron chi connectivity index (χ0n) is 13.2. The lowest BCUT2D eigenvalue weighted by Crippen LogP contribution is -2.40. The van der Waals surface area contributed by atoms with E-state index in [1.807, 2.05) is 19.1 Å². The van der Waals surface area contributed by atoms with Crippen LogP contribution in [-0.4, -0.2) is 28.5 Å². The zero-order chi connectivity index (χ0) is 15.8. The Kier molecular flexibility index (Phi) is 8.76. The van der Waals surface area contributed by atoms with Gasteiger partial charge in [0.25, 0.3) is 0 Å². The number of carbonyl (C=O) groups excluding carboxylic acids is 1. The van der Waals surface area contributed by atoms with Gasteiger partial charge in [-0.25, -0.2) is 4.98 Å². The second kappa shape index (κ2) is 10.3. The van der Waals surface area contributed by atoms with Crippen LogP contribution in [0.3, 0.4) is 0 Å². The number of hydrogen-bond acceptors (Lipinski definition) is 5. The predicted octanol–water partition coefficient (Wildman–Crippen LogP) is 2.80. The van der Waals surface area contributed by atoms with Gasteiger partial charge in [-0.15, -0.1) is 23.7 Å². The fourth-order valence-electron chi connectivity index (χ4n) is 2.11. The molecule has 2 aromatic heterocycles. The smallest absolute Gasteiger partial charge is 0.236 e. The molecular formula is C16H23ClN4OS. The van der Waals surface area contributed by atoms with Crippen molar-refractivity contribution in [3.63, 3.8) is 0 Å². The summed E-state index contributed by atoms with van der Waals surface area (Å²) in [7, 11) is 0. The van der Waals surface area contributed by atoms with E-state index in [0.717, 1.165) is 41.9 Å². The van der Waals surface area contributed by atoms with Crippen LogP contribution in [0.5, 0.6) is 0 Å². The van der Waals surface area contributed by atoms with E-state index >= 15 is 0 Å². The van der Waals surface area contributed by atoms with Gasteiger partial charge in [0, 0.05) is 36.3 Å². The van der Waals surface area contributed by atoms with Crippen LogP contribution in [-0.2, 0) is 11.2 Å². The molecule has 126 valence electrons. The highest BCUT2D eigenvalue weighted by atomic mass is 35.5. The first-order chi connectivity index (χ1) is 10.7. The number of nitrogens with two attached hydrogens (primary N) is 1. The number of aryl methyl sites for hydroxylation is 1. The van der Waals surface area contributed by atoms with Crippen molar-refractivity contribution >= 4 is 29.7 Å². The fourth-order valence-corrected chi connectivity index (χ4v) is 2.96. The predicted molar refractivity (Wildman–Crippen MR) is 96.8 cm³/mol. The molecule has 5 nitrogen and oxygen atoms in total. The summed E-state index contributed by atoms with van der Waals surface area (Å²) in [5, 5.41) is 6.02. The van der Waals surface area contributed by atoms with Crippen molar-refractivity contribution in [1.82, 2.24) is 15.3 Å². The molecule has 0 radical (unpaired) electrons. The van der Waals surface area contributed by atoms with Crippen LogP contribution in [0.25, 0.3) is 11.3 Å². The maximum absolute atomic E-state index is 11.7. The van der Waals surface area contributed by atoms with E-state index < -0.39 is 0 Å². The third-order valence-electron chi connectivity index (χ3n) is 3.33. The molecule has 1 unspecified atom stereocenters. The summed E-state index contributed by atoms with van der Waals surface area (Å²) in [5.74, 6) is -0.0570. The van der Waals surface area contributed by atoms with Crippen molar-refractivity contribution in [3.05, 3.63) is 34.9 Å². The first kappa shape index (κ1) is 19.5. The van der Waals surface area contributed by atoms with Crippen molar-refractivity contribution in [2.45, 2.75) is 38.6 Å². The van der Waals surface area contributed by atoms with Crippen molar-refractivity contribution in [3.8, 4) is 11.3 Å². The Balaban J connectivity index is 0.00000264. The normalized spacial score (nSPS) is 11.6. The number of carbonyl (C=O) groups is 1. The fraction of sp³-hybridized carbons (Fsp3) is 0.438. The van der Waals surface area contributed by atoms with E-state index in [-0.39, 0.29) is 24.4 Å². The number of hydrogen-bond donors (Lipinski definition) is 2. The van der Waals surface area contributed by atoms with Crippen LogP contribution < -0.4 is 11.1 Å². The Hall–Kier alpha value is -1.50. The second-order valence-electron chi connectivity index (χ2n) is 5.15. The van der Waals surface area contributed by atoms with Crippen molar-refractivity contribution < 1.29 is 4.79 Å². The van der Waals surface area contributed by atoms with Crippen molar-refractivity contribution in [2.24, 2.45) is 5.73 Å². The number of halogens is 1. The maximum Gasteiger partial charge on any atom is 0.236 e. The molecule has 7 heteroatoms. The van der Waals surface area contributed by atoms with Gasteiger partial charge >= 0.3 is 0 Å². The molecule has 0 saturated carbocycles. The maximum atomic E-state index is 11.7. The average Bonchev–Trinajstić information content (AvgIpc) is 3.01. The summed E-state index contributed by atoms with van der Waals surface area (Å²) in [4.78, 5) is 20.3. The van der Waals surface area contributed by atoms with Crippen LogP contribution in [0.4, 0.5) is 0 Å². The standard InChI is InChI=1S/C16H22N4OS.ClH/c1-2-4-13(17)16(21)19-8-3-5-15-20-14(11-22-15)12-6-9-18-10-7-12;/h6-7,9-11,13H,2-5,8,17H2,1H3,(H,19,21);1H. The Morgan fingerprint density at radius 2 is 2.13 bits per heavy atom. The molecule has 2 heterocycles. The van der Waals surface area contributed by atoms with Gasteiger partial charge in [0.2, 0.25) is 5.91 Å². The van der Waals surface area contributed by atoms with Crippen LogP contribution in [0, 0.1) is 0 Å². The first-order valence-electron chi connectivity index (χ1n) is 7.58. The molecule has 2 aromatic rings. The third kappa shape index (κ3) is 6.25. The van der Waals surface area contributed by atoms with Crippen LogP contribution in [0.1, 0.15) is 31.2 Å². The molecule has 1 atom stereocenters. The Labute approximate surface area is 147 Å². The first-order valence-corrected chi connectivity index (χ1v) is 8.46. The van der Waals surface area contributed by atoms with Crippen LogP contribution in [0.2, 0.25) is 0 Å². The Morgan fingerprint density at radius 1 is 1.39 bits per heavy atom. The lowest BCUT2D eigenvalue weighted by atomic mass is 10.1. The van der Waals surface area contributed by atoms with Gasteiger partial charge in [-0.1, -0.05) is 13.3 Å². The van der Waals surface area contributed by atoms with Crippen molar-refractivity contribution in [1.29, 1.82) is 0 Å². The van der Waals surface area contributed by atoms with E-state index in [4.69, 9.17) is 5.73 Å². The lowest BCUT2D eigenvalue weighted by molar-refractivity contribution is -0.122. The van der Waals surface area contributed by atoms with Gasteiger partial charge in [-0.05, 0) is 25.0 Å². The van der Waals surface area contributed by atoms with Gasteiger partial charge in [0.05, 0.1) is 16.7 Å². The van der Waals surface area contributed by atoms with Gasteiger partial charge < -0.3 is 11.1 Å². The Bertz CT molecular complexity index is 591. The van der Waals surface area contributed by atoms with E-state index in [2.05, 4.69) is 20.7 Å². The molecule has 2 rings (SSSR count). The number of thiazole rings is 1. The number of nitrogens with one attached hydrogen (secondary N) is 1. The molecule has 3 N–H and O–H groups in total. The lowest BCUT2D eigenvalue weighted by Gasteiger charge is -2.10. The number of aromatic nitrogens is 2. The summed E-state index contributed by atoms with van der Waals surface area (Å²) in [6, 6.07) is 3.52. The molecule has 0 saturated heterocycles. The summed E-state index contributed by atoms with van der Waals surface area (Å²) in [5.41, 5.74) is 7.82. The summed E-state index contributed by atoms with van der Waals surface area (Å²) < 4.78 is 0. The molecule has 0 aliphatic rings. The molecule has 0 spiro atoms. The minimum absolute atomic E-state index is 0.